The van der Waals surface area contributed by atoms with E-state index in [9.17, 15) is 9.59 Å². The van der Waals surface area contributed by atoms with Gasteiger partial charge in [-0.15, -0.1) is 0 Å². The summed E-state index contributed by atoms with van der Waals surface area (Å²) in [6.07, 6.45) is 1.67. The number of carbonyl (C=O) groups is 2. The lowest BCUT2D eigenvalue weighted by molar-refractivity contribution is -0.112. The first-order valence-electron chi connectivity index (χ1n) is 6.65. The number of nitrogens with one attached hydrogen (secondary N) is 1. The van der Waals surface area contributed by atoms with Gasteiger partial charge >= 0.3 is 5.97 Å². The zero-order valence-corrected chi connectivity index (χ0v) is 13.7. The van der Waals surface area contributed by atoms with E-state index in [0.29, 0.717) is 21.3 Å². The Morgan fingerprint density at radius 1 is 1.09 bits per heavy atom. The molecule has 1 amide bonds. The predicted molar refractivity (Wildman–Crippen MR) is 92.1 cm³/mol. The maximum absolute atomic E-state index is 12.2. The minimum absolute atomic E-state index is 0.105. The summed E-state index contributed by atoms with van der Waals surface area (Å²) < 4.78 is 0. The van der Waals surface area contributed by atoms with E-state index in [1.807, 2.05) is 0 Å². The molecular weight excluding hydrogens is 337 g/mol. The highest BCUT2D eigenvalue weighted by molar-refractivity contribution is 6.42. The third-order valence-electron chi connectivity index (χ3n) is 3.05. The number of hydrogen-bond donors (Lipinski definition) is 2. The number of halogens is 2. The van der Waals surface area contributed by atoms with Gasteiger partial charge in [0.25, 0.3) is 5.91 Å². The average Bonchev–Trinajstić information content (AvgIpc) is 2.51. The Balaban J connectivity index is 2.16. The molecule has 0 aliphatic rings. The van der Waals surface area contributed by atoms with Crippen LogP contribution in [0.15, 0.2) is 48.0 Å². The molecule has 2 aromatic carbocycles. The first kappa shape index (κ1) is 17.1. The van der Waals surface area contributed by atoms with Crippen LogP contribution in [-0.2, 0) is 4.79 Å². The van der Waals surface area contributed by atoms with Crippen LogP contribution in [-0.4, -0.2) is 17.0 Å². The summed E-state index contributed by atoms with van der Waals surface area (Å²) in [6.45, 7) is 1.65. The van der Waals surface area contributed by atoms with E-state index in [-0.39, 0.29) is 11.5 Å². The molecule has 0 aliphatic heterocycles. The summed E-state index contributed by atoms with van der Waals surface area (Å²) in [6, 6.07) is 11.1. The highest BCUT2D eigenvalue weighted by Crippen LogP contribution is 2.24. The van der Waals surface area contributed by atoms with E-state index in [1.54, 1.807) is 43.3 Å². The quantitative estimate of drug-likeness (QED) is 0.783. The van der Waals surface area contributed by atoms with Crippen molar-refractivity contribution in [3.8, 4) is 0 Å². The third kappa shape index (κ3) is 4.58. The van der Waals surface area contributed by atoms with Gasteiger partial charge < -0.3 is 10.4 Å². The van der Waals surface area contributed by atoms with Crippen molar-refractivity contribution in [3.63, 3.8) is 0 Å². The van der Waals surface area contributed by atoms with Crippen molar-refractivity contribution < 1.29 is 14.7 Å². The van der Waals surface area contributed by atoms with Gasteiger partial charge in [0.15, 0.2) is 0 Å². The highest BCUT2D eigenvalue weighted by Gasteiger charge is 2.08. The predicted octanol–water partition coefficient (Wildman–Crippen LogP) is 4.73. The molecule has 2 N–H and O–H groups in total. The zero-order chi connectivity index (χ0) is 17.0. The number of benzene rings is 2. The average molecular weight is 350 g/mol. The number of carbonyl (C=O) groups excluding carboxylic acids is 1. The molecule has 0 saturated heterocycles. The maximum atomic E-state index is 12.2. The first-order valence-corrected chi connectivity index (χ1v) is 7.40. The van der Waals surface area contributed by atoms with Crippen LogP contribution in [0.1, 0.15) is 22.8 Å². The van der Waals surface area contributed by atoms with Crippen molar-refractivity contribution in [1.82, 2.24) is 0 Å². The molecule has 0 fully saturated rings. The minimum atomic E-state index is -1.05. The summed E-state index contributed by atoms with van der Waals surface area (Å²) in [4.78, 5) is 23.1. The molecule has 0 radical (unpaired) electrons. The second kappa shape index (κ2) is 7.31. The van der Waals surface area contributed by atoms with Gasteiger partial charge in [0, 0.05) is 11.3 Å². The van der Waals surface area contributed by atoms with Gasteiger partial charge in [-0.05, 0) is 48.9 Å². The van der Waals surface area contributed by atoms with E-state index in [0.717, 1.165) is 5.56 Å². The van der Waals surface area contributed by atoms with Crippen molar-refractivity contribution in [2.24, 2.45) is 0 Å². The van der Waals surface area contributed by atoms with Crippen molar-refractivity contribution in [3.05, 3.63) is 69.2 Å². The molecule has 0 aliphatic carbocycles. The van der Waals surface area contributed by atoms with Crippen molar-refractivity contribution in [2.75, 3.05) is 5.32 Å². The Labute approximate surface area is 143 Å². The minimum Gasteiger partial charge on any atom is -0.478 e. The molecule has 0 aromatic heterocycles. The maximum Gasteiger partial charge on any atom is 0.335 e. The number of carboxylic acids is 1. The van der Waals surface area contributed by atoms with Crippen LogP contribution in [0, 0.1) is 0 Å². The lowest BCUT2D eigenvalue weighted by Crippen LogP contribution is -2.13. The molecule has 0 saturated carbocycles. The van der Waals surface area contributed by atoms with Crippen LogP contribution in [0.25, 0.3) is 6.08 Å². The number of aromatic carboxylic acids is 1. The molecule has 118 valence electrons. The van der Waals surface area contributed by atoms with Crippen LogP contribution in [0.3, 0.4) is 0 Å². The standard InChI is InChI=1S/C17H13Cl2NO3/c1-10(7-11-5-6-14(18)15(19)8-11)16(21)20-13-4-2-3-12(9-13)17(22)23/h2-9H,1H3,(H,20,21)(H,22,23)/b10-7+. The summed E-state index contributed by atoms with van der Waals surface area (Å²) in [5, 5.41) is 12.4. The molecule has 0 heterocycles. The molecule has 2 aromatic rings. The van der Waals surface area contributed by atoms with E-state index < -0.39 is 5.97 Å². The lowest BCUT2D eigenvalue weighted by atomic mass is 10.1. The van der Waals surface area contributed by atoms with Gasteiger partial charge in [-0.2, -0.15) is 0 Å². The second-order valence-corrected chi connectivity index (χ2v) is 5.66. The van der Waals surface area contributed by atoms with Crippen LogP contribution in [0.2, 0.25) is 10.0 Å². The van der Waals surface area contributed by atoms with Gasteiger partial charge in [0.05, 0.1) is 15.6 Å². The van der Waals surface area contributed by atoms with Gasteiger partial charge in [0.1, 0.15) is 0 Å². The molecular formula is C17H13Cl2NO3. The second-order valence-electron chi connectivity index (χ2n) is 4.84. The number of hydrogen-bond acceptors (Lipinski definition) is 2. The third-order valence-corrected chi connectivity index (χ3v) is 3.79. The fourth-order valence-corrected chi connectivity index (χ4v) is 2.18. The monoisotopic (exact) mass is 349 g/mol. The lowest BCUT2D eigenvalue weighted by Gasteiger charge is -2.07. The highest BCUT2D eigenvalue weighted by atomic mass is 35.5. The Morgan fingerprint density at radius 3 is 2.48 bits per heavy atom. The van der Waals surface area contributed by atoms with Gasteiger partial charge in [0.2, 0.25) is 0 Å². The van der Waals surface area contributed by atoms with E-state index in [1.165, 1.54) is 12.1 Å². The Bertz CT molecular complexity index is 800. The molecule has 4 nitrogen and oxygen atoms in total. The summed E-state index contributed by atoms with van der Waals surface area (Å²) in [7, 11) is 0. The number of amides is 1. The van der Waals surface area contributed by atoms with Gasteiger partial charge in [-0.1, -0.05) is 35.3 Å². The fourth-order valence-electron chi connectivity index (χ4n) is 1.88. The Hall–Kier alpha value is -2.30. The molecule has 6 heteroatoms. The van der Waals surface area contributed by atoms with Crippen LogP contribution < -0.4 is 5.32 Å². The van der Waals surface area contributed by atoms with E-state index >= 15 is 0 Å². The summed E-state index contributed by atoms with van der Waals surface area (Å²) >= 11 is 11.8. The van der Waals surface area contributed by atoms with Crippen LogP contribution in [0.4, 0.5) is 5.69 Å². The van der Waals surface area contributed by atoms with Crippen molar-refractivity contribution >= 4 is 46.8 Å². The molecule has 0 unspecified atom stereocenters. The largest absolute Gasteiger partial charge is 0.478 e. The SMILES string of the molecule is C/C(=C\c1ccc(Cl)c(Cl)c1)C(=O)Nc1cccc(C(=O)O)c1. The summed E-state index contributed by atoms with van der Waals surface area (Å²) in [5.74, 6) is -1.39. The smallest absolute Gasteiger partial charge is 0.335 e. The summed E-state index contributed by atoms with van der Waals surface area (Å²) in [5.41, 5.74) is 1.71. The number of anilines is 1. The van der Waals surface area contributed by atoms with Crippen molar-refractivity contribution in [1.29, 1.82) is 0 Å². The molecule has 23 heavy (non-hydrogen) atoms. The fraction of sp³-hybridized carbons (Fsp3) is 0.0588. The molecule has 0 atom stereocenters. The first-order chi connectivity index (χ1) is 10.9. The van der Waals surface area contributed by atoms with Gasteiger partial charge in [-0.3, -0.25) is 4.79 Å². The van der Waals surface area contributed by atoms with E-state index in [2.05, 4.69) is 5.32 Å². The number of carboxylic acid groups (broad SMARTS) is 1. The molecule has 2 rings (SSSR count). The Morgan fingerprint density at radius 2 is 1.83 bits per heavy atom. The van der Waals surface area contributed by atoms with Gasteiger partial charge in [-0.25, -0.2) is 4.79 Å². The normalized spacial score (nSPS) is 11.2. The Kier molecular flexibility index (Phi) is 5.42. The van der Waals surface area contributed by atoms with Crippen LogP contribution >= 0.6 is 23.2 Å². The topological polar surface area (TPSA) is 66.4 Å². The molecule has 0 bridgehead atoms. The molecule has 0 spiro atoms. The number of rotatable bonds is 4. The van der Waals surface area contributed by atoms with Crippen molar-refractivity contribution in [2.45, 2.75) is 6.92 Å². The zero-order valence-electron chi connectivity index (χ0n) is 12.1. The van der Waals surface area contributed by atoms with Crippen LogP contribution in [0.5, 0.6) is 0 Å². The van der Waals surface area contributed by atoms with E-state index in [4.69, 9.17) is 28.3 Å².